The number of benzene rings is 2. The Bertz CT molecular complexity index is 1240. The molecule has 0 spiro atoms. The van der Waals surface area contributed by atoms with Gasteiger partial charge in [-0.2, -0.15) is 8.78 Å². The number of hydrogen-bond acceptors (Lipinski definition) is 4. The van der Waals surface area contributed by atoms with E-state index in [1.54, 1.807) is 6.07 Å². The summed E-state index contributed by atoms with van der Waals surface area (Å²) in [6.45, 7) is -0.194. The average molecular weight is 464 g/mol. The standard InChI is InChI=1S/C23H19ClF2N2O4/c24-16-5-3-15(4-6-16)23(25,26)19(29)9-2-13-1-7-17-14(11-13)12-28(22(17)32)18-8-10-20(30)27-21(18)31/h1,3-7,11,18H,2,8-10,12H2,(H,27,30,31)/t18-/m1/s1/i10D,18D/hD/t10?,18-. The van der Waals surface area contributed by atoms with Gasteiger partial charge in [0.15, 0.2) is 1.41 Å². The SMILES string of the molecule is [2H]C1C[C@@]([2H])(N2Cc3cc(CCC(=O)C(F)(F)c4ccc(Cl)cc4)ccc3C2=O)C(=O)N([2H])C1=O. The highest BCUT2D eigenvalue weighted by atomic mass is 35.5. The van der Waals surface area contributed by atoms with Crippen molar-refractivity contribution in [2.45, 2.75) is 44.1 Å². The number of piperidine rings is 1. The molecule has 1 fully saturated rings. The Morgan fingerprint density at radius 1 is 1.25 bits per heavy atom. The van der Waals surface area contributed by atoms with Crippen LogP contribution in [-0.2, 0) is 33.3 Å². The minimum absolute atomic E-state index is 0.0295. The number of nitrogens with zero attached hydrogens (tertiary/aromatic N) is 1. The van der Waals surface area contributed by atoms with Crippen LogP contribution in [0.5, 0.6) is 0 Å². The fourth-order valence-electron chi connectivity index (χ4n) is 3.69. The van der Waals surface area contributed by atoms with Crippen LogP contribution < -0.4 is 5.31 Å². The van der Waals surface area contributed by atoms with Crippen molar-refractivity contribution in [1.29, 1.82) is 0 Å². The average Bonchev–Trinajstić information content (AvgIpc) is 3.16. The lowest BCUT2D eigenvalue weighted by Crippen LogP contribution is -2.52. The Balaban J connectivity index is 1.49. The summed E-state index contributed by atoms with van der Waals surface area (Å²) in [6.07, 6.45) is -2.61. The van der Waals surface area contributed by atoms with Gasteiger partial charge in [0, 0.05) is 36.9 Å². The number of halogens is 3. The maximum absolute atomic E-state index is 14.5. The zero-order chi connectivity index (χ0) is 25.7. The first-order valence-electron chi connectivity index (χ1n) is 11.3. The Labute approximate surface area is 191 Å². The van der Waals surface area contributed by atoms with E-state index in [9.17, 15) is 28.0 Å². The number of ketones is 1. The van der Waals surface area contributed by atoms with Gasteiger partial charge in [0.05, 0.1) is 1.37 Å². The van der Waals surface area contributed by atoms with Crippen LogP contribution in [0, 0.1) is 0 Å². The van der Waals surface area contributed by atoms with Crippen molar-refractivity contribution in [2.24, 2.45) is 0 Å². The van der Waals surface area contributed by atoms with E-state index < -0.39 is 60.2 Å². The largest absolute Gasteiger partial charge is 0.330 e. The molecule has 2 aromatic rings. The highest BCUT2D eigenvalue weighted by Gasteiger charge is 2.41. The molecule has 0 bridgehead atoms. The van der Waals surface area contributed by atoms with Crippen LogP contribution in [0.3, 0.4) is 0 Å². The van der Waals surface area contributed by atoms with Crippen molar-refractivity contribution >= 4 is 35.1 Å². The molecule has 2 aliphatic rings. The quantitative estimate of drug-likeness (QED) is 0.665. The summed E-state index contributed by atoms with van der Waals surface area (Å²) < 4.78 is 52.9. The van der Waals surface area contributed by atoms with Gasteiger partial charge in [0.1, 0.15) is 6.02 Å². The molecular weight excluding hydrogens is 442 g/mol. The van der Waals surface area contributed by atoms with Crippen molar-refractivity contribution in [1.82, 2.24) is 10.2 Å². The van der Waals surface area contributed by atoms with Gasteiger partial charge in [-0.1, -0.05) is 35.9 Å². The molecule has 3 amide bonds. The molecule has 1 saturated heterocycles. The minimum atomic E-state index is -3.70. The van der Waals surface area contributed by atoms with Crippen LogP contribution in [0.2, 0.25) is 6.43 Å². The fraction of sp³-hybridized carbons (Fsp3) is 0.304. The number of nitrogens with one attached hydrogen (secondary N) is 1. The molecular formula is C23H19ClF2N2O4. The molecule has 0 saturated carbocycles. The van der Waals surface area contributed by atoms with E-state index in [2.05, 4.69) is 0 Å². The van der Waals surface area contributed by atoms with Crippen molar-refractivity contribution in [2.75, 3.05) is 0 Å². The molecule has 4 rings (SSSR count). The van der Waals surface area contributed by atoms with Crippen molar-refractivity contribution in [3.8, 4) is 0 Å². The summed E-state index contributed by atoms with van der Waals surface area (Å²) >= 11 is 5.71. The highest BCUT2D eigenvalue weighted by Crippen LogP contribution is 2.32. The summed E-state index contributed by atoms with van der Waals surface area (Å²) in [5, 5.41) is 0.214. The summed E-state index contributed by atoms with van der Waals surface area (Å²) in [6, 6.07) is 6.90. The van der Waals surface area contributed by atoms with Crippen LogP contribution >= 0.6 is 11.6 Å². The number of carbonyl (C=O) groups is 4. The predicted molar refractivity (Wildman–Crippen MR) is 111 cm³/mol. The lowest BCUT2D eigenvalue weighted by Gasteiger charge is -2.29. The number of rotatable bonds is 6. The molecule has 6 nitrogen and oxygen atoms in total. The number of imide groups is 1. The second-order valence-corrected chi connectivity index (χ2v) is 7.93. The van der Waals surface area contributed by atoms with E-state index in [-0.39, 0.29) is 28.9 Å². The summed E-state index contributed by atoms with van der Waals surface area (Å²) in [4.78, 5) is 50.3. The van der Waals surface area contributed by atoms with Gasteiger partial charge in [-0.3, -0.25) is 24.5 Å². The normalized spacial score (nSPS) is 24.8. The van der Waals surface area contributed by atoms with E-state index in [0.717, 1.165) is 17.0 Å². The lowest BCUT2D eigenvalue weighted by atomic mass is 9.97. The van der Waals surface area contributed by atoms with E-state index in [1.165, 1.54) is 24.3 Å². The third kappa shape index (κ3) is 4.14. The monoisotopic (exact) mass is 463 g/mol. The predicted octanol–water partition coefficient (Wildman–Crippen LogP) is 3.39. The van der Waals surface area contributed by atoms with Gasteiger partial charge in [0.2, 0.25) is 17.6 Å². The van der Waals surface area contributed by atoms with Gasteiger partial charge >= 0.3 is 5.92 Å². The van der Waals surface area contributed by atoms with Crippen LogP contribution in [-0.4, -0.2) is 34.4 Å². The number of Topliss-reactive ketones (excluding diaryl/α,β-unsaturated/α-hetero) is 1. The summed E-state index contributed by atoms with van der Waals surface area (Å²) in [7, 11) is 0. The van der Waals surface area contributed by atoms with Crippen LogP contribution in [0.15, 0.2) is 42.5 Å². The molecule has 0 radical (unpaired) electrons. The molecule has 9 heteroatoms. The zero-order valence-corrected chi connectivity index (χ0v) is 17.4. The second kappa shape index (κ2) is 8.43. The van der Waals surface area contributed by atoms with Gasteiger partial charge in [0.25, 0.3) is 5.91 Å². The van der Waals surface area contributed by atoms with E-state index in [4.69, 9.17) is 15.8 Å². The topological polar surface area (TPSA) is 83.6 Å². The molecule has 1 N–H and O–H groups in total. The Hall–Kier alpha value is -3.13. The molecule has 2 aromatic carbocycles. The van der Waals surface area contributed by atoms with Crippen LogP contribution in [0.4, 0.5) is 8.78 Å². The number of amides is 3. The molecule has 2 aliphatic heterocycles. The smallest absolute Gasteiger partial charge is 0.322 e. The van der Waals surface area contributed by atoms with Crippen molar-refractivity contribution < 1.29 is 32.1 Å². The Morgan fingerprint density at radius 2 is 1.97 bits per heavy atom. The number of alkyl halides is 2. The molecule has 1 unspecified atom stereocenters. The minimum Gasteiger partial charge on any atom is -0.322 e. The zero-order valence-electron chi connectivity index (χ0n) is 19.6. The maximum Gasteiger partial charge on any atom is 0.330 e. The third-order valence-corrected chi connectivity index (χ3v) is 5.68. The first-order chi connectivity index (χ1) is 16.4. The van der Waals surface area contributed by atoms with E-state index in [1.807, 2.05) is 0 Å². The van der Waals surface area contributed by atoms with Crippen molar-refractivity contribution in [3.63, 3.8) is 0 Å². The second-order valence-electron chi connectivity index (χ2n) is 7.50. The Kier molecular flexibility index (Phi) is 4.86. The fourth-order valence-corrected chi connectivity index (χ4v) is 3.82. The van der Waals surface area contributed by atoms with Gasteiger partial charge in [-0.25, -0.2) is 0 Å². The number of aryl methyl sites for hydroxylation is 1. The molecule has 166 valence electrons. The van der Waals surface area contributed by atoms with E-state index >= 15 is 0 Å². The van der Waals surface area contributed by atoms with Crippen LogP contribution in [0.25, 0.3) is 0 Å². The number of carbonyl (C=O) groups excluding carboxylic acids is 4. The summed E-state index contributed by atoms with van der Waals surface area (Å²) in [5.74, 6) is -7.93. The van der Waals surface area contributed by atoms with Gasteiger partial charge < -0.3 is 4.90 Å². The number of fused-ring (bicyclic) bond motifs is 1. The Morgan fingerprint density at radius 3 is 2.69 bits per heavy atom. The highest BCUT2D eigenvalue weighted by molar-refractivity contribution is 6.30. The first-order valence-corrected chi connectivity index (χ1v) is 10.1. The molecule has 2 heterocycles. The van der Waals surface area contributed by atoms with Crippen molar-refractivity contribution in [3.05, 3.63) is 69.7 Å². The number of hydrogen-bond donors (Lipinski definition) is 1. The lowest BCUT2D eigenvalue weighted by molar-refractivity contribution is -0.144. The van der Waals surface area contributed by atoms with E-state index in [0.29, 0.717) is 11.1 Å². The third-order valence-electron chi connectivity index (χ3n) is 5.43. The molecule has 32 heavy (non-hydrogen) atoms. The molecule has 2 atom stereocenters. The van der Waals surface area contributed by atoms with Gasteiger partial charge in [-0.05, 0) is 42.2 Å². The van der Waals surface area contributed by atoms with Gasteiger partial charge in [-0.15, -0.1) is 0 Å². The molecule has 0 aliphatic carbocycles. The molecule has 0 aromatic heterocycles. The first kappa shape index (κ1) is 18.4. The van der Waals surface area contributed by atoms with Crippen LogP contribution in [0.1, 0.15) is 49.0 Å². The summed E-state index contributed by atoms with van der Waals surface area (Å²) in [5.41, 5.74) is 0.637. The maximum atomic E-state index is 14.5.